The van der Waals surface area contributed by atoms with Gasteiger partial charge in [-0.15, -0.1) is 0 Å². The Hall–Kier alpha value is -1.45. The molecule has 0 saturated carbocycles. The van der Waals surface area contributed by atoms with Crippen LogP contribution >= 0.6 is 23.2 Å². The van der Waals surface area contributed by atoms with Gasteiger partial charge in [-0.2, -0.15) is 0 Å². The first-order valence-electron chi connectivity index (χ1n) is 5.97. The number of nitrogens with one attached hydrogen (secondary N) is 1. The van der Waals surface area contributed by atoms with Crippen molar-refractivity contribution in [3.63, 3.8) is 0 Å². The van der Waals surface area contributed by atoms with Crippen molar-refractivity contribution in [2.24, 2.45) is 0 Å². The molecule has 0 aliphatic rings. The lowest BCUT2D eigenvalue weighted by molar-refractivity contribution is 1.00. The van der Waals surface area contributed by atoms with Gasteiger partial charge >= 0.3 is 0 Å². The van der Waals surface area contributed by atoms with Crippen LogP contribution < -0.4 is 11.1 Å². The highest BCUT2D eigenvalue weighted by molar-refractivity contribution is 6.37. The number of nitrogen functional groups attached to an aromatic ring is 1. The summed E-state index contributed by atoms with van der Waals surface area (Å²) in [5, 5.41) is 4.01. The first-order valence-corrected chi connectivity index (χ1v) is 6.73. The average Bonchev–Trinajstić information content (AvgIpc) is 2.35. The standard InChI is InChI=1S/C14H15Cl2N3/c1-9-3-2-4-10(7-9)5-6-18-14-12(16)8-11(15)13(17)19-14/h2-4,7-8H,5-6H2,1H3,(H3,17,18,19). The molecule has 1 aromatic carbocycles. The van der Waals surface area contributed by atoms with Crippen molar-refractivity contribution >= 4 is 34.8 Å². The van der Waals surface area contributed by atoms with E-state index >= 15 is 0 Å². The summed E-state index contributed by atoms with van der Waals surface area (Å²) in [5.74, 6) is 0.848. The molecule has 0 unspecified atom stereocenters. The zero-order valence-corrected chi connectivity index (χ0v) is 12.1. The van der Waals surface area contributed by atoms with Gasteiger partial charge < -0.3 is 11.1 Å². The number of benzene rings is 1. The lowest BCUT2D eigenvalue weighted by atomic mass is 10.1. The van der Waals surface area contributed by atoms with Crippen LogP contribution in [0.5, 0.6) is 0 Å². The molecule has 0 spiro atoms. The number of hydrogen-bond acceptors (Lipinski definition) is 3. The predicted octanol–water partition coefficient (Wildman–Crippen LogP) is 3.93. The van der Waals surface area contributed by atoms with Crippen molar-refractivity contribution in [3.05, 3.63) is 51.5 Å². The van der Waals surface area contributed by atoms with E-state index in [-0.39, 0.29) is 5.82 Å². The van der Waals surface area contributed by atoms with Crippen molar-refractivity contribution in [3.8, 4) is 0 Å². The number of nitrogens with zero attached hydrogens (tertiary/aromatic N) is 1. The molecule has 0 bridgehead atoms. The van der Waals surface area contributed by atoms with E-state index < -0.39 is 0 Å². The van der Waals surface area contributed by atoms with E-state index in [0.29, 0.717) is 15.9 Å². The third-order valence-corrected chi connectivity index (χ3v) is 3.34. The molecular weight excluding hydrogens is 281 g/mol. The first-order chi connectivity index (χ1) is 9.06. The van der Waals surface area contributed by atoms with Crippen molar-refractivity contribution in [1.29, 1.82) is 0 Å². The quantitative estimate of drug-likeness (QED) is 0.898. The minimum absolute atomic E-state index is 0.282. The first kappa shape index (κ1) is 14.0. The Bertz CT molecular complexity index is 585. The summed E-state index contributed by atoms with van der Waals surface area (Å²) in [5.41, 5.74) is 8.17. The second-order valence-corrected chi connectivity index (χ2v) is 5.17. The van der Waals surface area contributed by atoms with Crippen molar-refractivity contribution in [2.45, 2.75) is 13.3 Å². The van der Waals surface area contributed by atoms with Crippen molar-refractivity contribution in [1.82, 2.24) is 4.98 Å². The molecule has 2 aromatic rings. The zero-order valence-electron chi connectivity index (χ0n) is 10.6. The Balaban J connectivity index is 1.98. The van der Waals surface area contributed by atoms with E-state index in [1.54, 1.807) is 6.07 Å². The van der Waals surface area contributed by atoms with Gasteiger partial charge in [-0.05, 0) is 25.0 Å². The summed E-state index contributed by atoms with van der Waals surface area (Å²) in [6, 6.07) is 9.98. The molecule has 3 N–H and O–H groups in total. The molecule has 19 heavy (non-hydrogen) atoms. The Labute approximate surface area is 122 Å². The second kappa shape index (κ2) is 6.13. The number of rotatable bonds is 4. The monoisotopic (exact) mass is 295 g/mol. The highest BCUT2D eigenvalue weighted by Crippen LogP contribution is 2.27. The van der Waals surface area contributed by atoms with Gasteiger partial charge in [-0.3, -0.25) is 0 Å². The van der Waals surface area contributed by atoms with Crippen LogP contribution in [0.25, 0.3) is 0 Å². The SMILES string of the molecule is Cc1cccc(CCNc2nc(N)c(Cl)cc2Cl)c1. The number of hydrogen-bond donors (Lipinski definition) is 2. The van der Waals surface area contributed by atoms with Crippen molar-refractivity contribution in [2.75, 3.05) is 17.6 Å². The Morgan fingerprint density at radius 3 is 2.74 bits per heavy atom. The largest absolute Gasteiger partial charge is 0.382 e. The third kappa shape index (κ3) is 3.75. The van der Waals surface area contributed by atoms with Crippen LogP contribution in [-0.4, -0.2) is 11.5 Å². The Morgan fingerprint density at radius 1 is 1.21 bits per heavy atom. The van der Waals surface area contributed by atoms with Crippen LogP contribution in [-0.2, 0) is 6.42 Å². The highest BCUT2D eigenvalue weighted by atomic mass is 35.5. The second-order valence-electron chi connectivity index (χ2n) is 4.35. The maximum atomic E-state index is 6.04. The molecule has 1 aromatic heterocycles. The van der Waals surface area contributed by atoms with Gasteiger partial charge in [0, 0.05) is 6.54 Å². The summed E-state index contributed by atoms with van der Waals surface area (Å²) in [7, 11) is 0. The summed E-state index contributed by atoms with van der Waals surface area (Å²) in [6.07, 6.45) is 0.891. The van der Waals surface area contributed by atoms with E-state index in [0.717, 1.165) is 13.0 Å². The van der Waals surface area contributed by atoms with Gasteiger partial charge in [0.25, 0.3) is 0 Å². The van der Waals surface area contributed by atoms with Gasteiger partial charge in [0.05, 0.1) is 10.0 Å². The van der Waals surface area contributed by atoms with Crippen LogP contribution in [0.1, 0.15) is 11.1 Å². The maximum Gasteiger partial charge on any atom is 0.147 e. The number of anilines is 2. The predicted molar refractivity (Wildman–Crippen MR) is 82.0 cm³/mol. The fourth-order valence-corrected chi connectivity index (χ4v) is 2.22. The molecule has 0 saturated heterocycles. The lowest BCUT2D eigenvalue weighted by Crippen LogP contribution is -2.08. The molecule has 0 atom stereocenters. The number of halogens is 2. The Kier molecular flexibility index (Phi) is 4.51. The van der Waals surface area contributed by atoms with Crippen LogP contribution in [0.2, 0.25) is 10.0 Å². The zero-order chi connectivity index (χ0) is 13.8. The fraction of sp³-hybridized carbons (Fsp3) is 0.214. The van der Waals surface area contributed by atoms with Crippen LogP contribution in [0.3, 0.4) is 0 Å². The molecule has 0 aliphatic carbocycles. The fourth-order valence-electron chi connectivity index (χ4n) is 1.80. The van der Waals surface area contributed by atoms with E-state index in [9.17, 15) is 0 Å². The van der Waals surface area contributed by atoms with E-state index in [4.69, 9.17) is 28.9 Å². The molecule has 0 radical (unpaired) electrons. The number of aromatic nitrogens is 1. The molecule has 2 rings (SSSR count). The molecule has 5 heteroatoms. The summed E-state index contributed by atoms with van der Waals surface area (Å²) in [4.78, 5) is 4.12. The lowest BCUT2D eigenvalue weighted by Gasteiger charge is -2.09. The van der Waals surface area contributed by atoms with Gasteiger partial charge in [0.2, 0.25) is 0 Å². The van der Waals surface area contributed by atoms with Gasteiger partial charge in [-0.1, -0.05) is 53.0 Å². The molecular formula is C14H15Cl2N3. The molecule has 0 aliphatic heterocycles. The molecule has 3 nitrogen and oxygen atoms in total. The summed E-state index contributed by atoms with van der Waals surface area (Å²) < 4.78 is 0. The number of nitrogens with two attached hydrogens (primary N) is 1. The smallest absolute Gasteiger partial charge is 0.147 e. The van der Waals surface area contributed by atoms with E-state index in [1.165, 1.54) is 11.1 Å². The molecule has 0 amide bonds. The summed E-state index contributed by atoms with van der Waals surface area (Å²) >= 11 is 11.9. The molecule has 100 valence electrons. The number of aryl methyl sites for hydroxylation is 1. The normalized spacial score (nSPS) is 10.5. The highest BCUT2D eigenvalue weighted by Gasteiger charge is 2.06. The average molecular weight is 296 g/mol. The number of pyridine rings is 1. The summed E-state index contributed by atoms with van der Waals surface area (Å²) in [6.45, 7) is 2.81. The van der Waals surface area contributed by atoms with Crippen LogP contribution in [0.15, 0.2) is 30.3 Å². The van der Waals surface area contributed by atoms with Gasteiger partial charge in [0.15, 0.2) is 0 Å². The van der Waals surface area contributed by atoms with Crippen LogP contribution in [0, 0.1) is 6.92 Å². The molecule has 0 fully saturated rings. The minimum Gasteiger partial charge on any atom is -0.382 e. The maximum absolute atomic E-state index is 6.04. The Morgan fingerprint density at radius 2 is 2.00 bits per heavy atom. The van der Waals surface area contributed by atoms with Gasteiger partial charge in [0.1, 0.15) is 11.6 Å². The minimum atomic E-state index is 0.282. The van der Waals surface area contributed by atoms with Crippen molar-refractivity contribution < 1.29 is 0 Å². The van der Waals surface area contributed by atoms with Crippen LogP contribution in [0.4, 0.5) is 11.6 Å². The third-order valence-electron chi connectivity index (χ3n) is 2.75. The van der Waals surface area contributed by atoms with E-state index in [2.05, 4.69) is 41.5 Å². The van der Waals surface area contributed by atoms with Gasteiger partial charge in [-0.25, -0.2) is 4.98 Å². The van der Waals surface area contributed by atoms with E-state index in [1.807, 2.05) is 0 Å². The molecule has 1 heterocycles. The topological polar surface area (TPSA) is 50.9 Å².